The normalized spacial score (nSPS) is 15.3. The maximum Gasteiger partial charge on any atom is 0.251 e. The van der Waals surface area contributed by atoms with Crippen LogP contribution in [0.15, 0.2) is 83.9 Å². The molecule has 2 amide bonds. The van der Waals surface area contributed by atoms with Crippen molar-refractivity contribution in [2.45, 2.75) is 46.2 Å². The molecule has 0 aliphatic carbocycles. The first kappa shape index (κ1) is 30.0. The van der Waals surface area contributed by atoms with E-state index in [1.165, 1.54) is 0 Å². The van der Waals surface area contributed by atoms with Gasteiger partial charge in [0.2, 0.25) is 11.8 Å². The van der Waals surface area contributed by atoms with Crippen LogP contribution in [0.2, 0.25) is 0 Å². The maximum absolute atomic E-state index is 13.1. The number of pyridine rings is 2. The van der Waals surface area contributed by atoms with E-state index in [0.717, 1.165) is 29.3 Å². The van der Waals surface area contributed by atoms with Gasteiger partial charge in [-0.1, -0.05) is 18.2 Å². The van der Waals surface area contributed by atoms with Crippen molar-refractivity contribution in [2.24, 2.45) is 5.41 Å². The largest absolute Gasteiger partial charge is 0.493 e. The number of ether oxygens (including phenoxy) is 1. The Morgan fingerprint density at radius 2 is 1.70 bits per heavy atom. The molecule has 2 aromatic carbocycles. The Kier molecular flexibility index (Phi) is 8.92. The number of fused-ring (bicyclic) bond motifs is 2. The summed E-state index contributed by atoms with van der Waals surface area (Å²) < 4.78 is 7.92. The Labute approximate surface area is 252 Å². The second-order valence-electron chi connectivity index (χ2n) is 11.3. The molecule has 1 atom stereocenters. The Morgan fingerprint density at radius 1 is 0.930 bits per heavy atom. The van der Waals surface area contributed by atoms with E-state index in [4.69, 9.17) is 4.74 Å². The highest BCUT2D eigenvalue weighted by molar-refractivity contribution is 6.20. The van der Waals surface area contributed by atoms with E-state index in [1.54, 1.807) is 49.2 Å². The zero-order valence-electron chi connectivity index (χ0n) is 25.2. The van der Waals surface area contributed by atoms with E-state index in [1.807, 2.05) is 72.2 Å². The summed E-state index contributed by atoms with van der Waals surface area (Å²) in [6.45, 7) is 7.47. The van der Waals surface area contributed by atoms with Gasteiger partial charge in [0, 0.05) is 50.7 Å². The Bertz CT molecular complexity index is 1670. The van der Waals surface area contributed by atoms with Crippen molar-refractivity contribution in [1.29, 1.82) is 0 Å². The molecule has 0 spiro atoms. The maximum atomic E-state index is 13.1. The summed E-state index contributed by atoms with van der Waals surface area (Å²) in [6, 6.07) is 21.0. The predicted octanol–water partition coefficient (Wildman–Crippen LogP) is 4.94. The van der Waals surface area contributed by atoms with E-state index < -0.39 is 5.41 Å². The number of amides is 2. The monoisotopic (exact) mass is 581 g/mol. The van der Waals surface area contributed by atoms with Crippen LogP contribution < -0.4 is 25.4 Å². The summed E-state index contributed by atoms with van der Waals surface area (Å²) in [6.07, 6.45) is 5.04. The first-order valence-electron chi connectivity index (χ1n) is 14.8. The third kappa shape index (κ3) is 6.17. The van der Waals surface area contributed by atoms with Crippen LogP contribution in [0, 0.1) is 5.41 Å². The number of hydrogen-bond acceptors (Lipinski definition) is 6. The van der Waals surface area contributed by atoms with E-state index in [-0.39, 0.29) is 23.4 Å². The van der Waals surface area contributed by atoms with E-state index >= 15 is 0 Å². The van der Waals surface area contributed by atoms with Gasteiger partial charge in [0.15, 0.2) is 0 Å². The molecule has 224 valence electrons. The number of nitrogens with one attached hydrogen (secondary N) is 1. The minimum absolute atomic E-state index is 0.0105. The standard InChI is InChI=1S/C34H39N5O4/c1-5-38-29-13-12-26(23-30(29)37(4)32(41)34(2,3)33(38)42)43-22-8-18-36-27(24-15-19-35-20-16-24)17-21-39-28-10-7-6-9-25(28)11-14-31(39)40/h6-7,9-16,19-20,23,27,36H,5,8,17-18,21-22H2,1-4H3. The number of carbonyl (C=O) groups is 2. The third-order valence-electron chi connectivity index (χ3n) is 8.16. The molecule has 1 N–H and O–H groups in total. The summed E-state index contributed by atoms with van der Waals surface area (Å²) in [7, 11) is 1.70. The fourth-order valence-electron chi connectivity index (χ4n) is 5.72. The lowest BCUT2D eigenvalue weighted by molar-refractivity contribution is -0.137. The number of rotatable bonds is 11. The smallest absolute Gasteiger partial charge is 0.251 e. The first-order chi connectivity index (χ1) is 20.7. The second kappa shape index (κ2) is 12.8. The van der Waals surface area contributed by atoms with Crippen molar-refractivity contribution >= 4 is 34.1 Å². The van der Waals surface area contributed by atoms with E-state index in [2.05, 4.69) is 10.3 Å². The lowest BCUT2D eigenvalue weighted by Gasteiger charge is -2.27. The zero-order valence-corrected chi connectivity index (χ0v) is 25.2. The quantitative estimate of drug-likeness (QED) is 0.199. The Balaban J connectivity index is 1.23. The molecule has 9 heteroatoms. The van der Waals surface area contributed by atoms with Gasteiger partial charge in [0.1, 0.15) is 11.2 Å². The van der Waals surface area contributed by atoms with Gasteiger partial charge in [-0.2, -0.15) is 0 Å². The third-order valence-corrected chi connectivity index (χ3v) is 8.16. The number of benzene rings is 2. The second-order valence-corrected chi connectivity index (χ2v) is 11.3. The molecule has 0 bridgehead atoms. The topological polar surface area (TPSA) is 96.8 Å². The molecule has 5 rings (SSSR count). The van der Waals surface area contributed by atoms with E-state index in [9.17, 15) is 14.4 Å². The minimum Gasteiger partial charge on any atom is -0.493 e. The van der Waals surface area contributed by atoms with Crippen LogP contribution in [0.3, 0.4) is 0 Å². The Hall–Kier alpha value is -4.50. The fraction of sp³-hybridized carbons (Fsp3) is 0.353. The van der Waals surface area contributed by atoms with Crippen LogP contribution in [0.1, 0.15) is 45.2 Å². The van der Waals surface area contributed by atoms with Gasteiger partial charge in [0.05, 0.1) is 23.5 Å². The molecule has 1 aliphatic rings. The fourth-order valence-corrected chi connectivity index (χ4v) is 5.72. The highest BCUT2D eigenvalue weighted by Crippen LogP contribution is 2.40. The highest BCUT2D eigenvalue weighted by atomic mass is 16.5. The lowest BCUT2D eigenvalue weighted by Crippen LogP contribution is -2.47. The average molecular weight is 582 g/mol. The van der Waals surface area contributed by atoms with Crippen LogP contribution in [0.5, 0.6) is 5.75 Å². The number of aromatic nitrogens is 2. The molecule has 0 saturated carbocycles. The summed E-state index contributed by atoms with van der Waals surface area (Å²) in [5, 5.41) is 4.68. The van der Waals surface area contributed by atoms with Crippen molar-refractivity contribution in [3.05, 3.63) is 95.0 Å². The van der Waals surface area contributed by atoms with Crippen LogP contribution >= 0.6 is 0 Å². The molecule has 4 aromatic rings. The van der Waals surface area contributed by atoms with Crippen LogP contribution in [0.4, 0.5) is 11.4 Å². The molecule has 1 aliphatic heterocycles. The molecule has 0 saturated heterocycles. The van der Waals surface area contributed by atoms with Gasteiger partial charge in [-0.05, 0) is 87.5 Å². The van der Waals surface area contributed by atoms with Gasteiger partial charge in [-0.15, -0.1) is 0 Å². The number of para-hydroxylation sites is 1. The van der Waals surface area contributed by atoms with Crippen molar-refractivity contribution in [3.8, 4) is 5.75 Å². The molecule has 0 fully saturated rings. The van der Waals surface area contributed by atoms with Gasteiger partial charge in [-0.3, -0.25) is 19.4 Å². The average Bonchev–Trinajstić information content (AvgIpc) is 3.07. The van der Waals surface area contributed by atoms with Crippen molar-refractivity contribution < 1.29 is 14.3 Å². The molecule has 9 nitrogen and oxygen atoms in total. The number of hydrogen-bond donors (Lipinski definition) is 1. The van der Waals surface area contributed by atoms with E-state index in [0.29, 0.717) is 43.4 Å². The molecule has 2 aromatic heterocycles. The highest BCUT2D eigenvalue weighted by Gasteiger charge is 2.45. The summed E-state index contributed by atoms with van der Waals surface area (Å²) in [5.41, 5.74) is 2.24. The van der Waals surface area contributed by atoms with Gasteiger partial charge in [-0.25, -0.2) is 0 Å². The SMILES string of the molecule is CCN1C(=O)C(C)(C)C(=O)N(C)c2cc(OCCCNC(CCn3c(=O)ccc4ccccc43)c3ccncc3)ccc21. The lowest BCUT2D eigenvalue weighted by atomic mass is 9.90. The number of anilines is 2. The summed E-state index contributed by atoms with van der Waals surface area (Å²) in [4.78, 5) is 46.4. The predicted molar refractivity (Wildman–Crippen MR) is 170 cm³/mol. The molecule has 43 heavy (non-hydrogen) atoms. The van der Waals surface area contributed by atoms with Gasteiger partial charge < -0.3 is 24.4 Å². The molecular weight excluding hydrogens is 542 g/mol. The van der Waals surface area contributed by atoms with Crippen LogP contribution in [-0.4, -0.2) is 48.1 Å². The van der Waals surface area contributed by atoms with Crippen molar-refractivity contribution in [2.75, 3.05) is 36.5 Å². The molecule has 0 radical (unpaired) electrons. The number of aryl methyl sites for hydroxylation is 1. The van der Waals surface area contributed by atoms with Crippen LogP contribution in [-0.2, 0) is 16.1 Å². The minimum atomic E-state index is -1.15. The molecular formula is C34H39N5O4. The van der Waals surface area contributed by atoms with Gasteiger partial charge in [0.25, 0.3) is 5.56 Å². The number of nitrogens with zero attached hydrogens (tertiary/aromatic N) is 4. The Morgan fingerprint density at radius 3 is 2.47 bits per heavy atom. The van der Waals surface area contributed by atoms with Crippen LogP contribution in [0.25, 0.3) is 10.9 Å². The molecule has 1 unspecified atom stereocenters. The number of carbonyl (C=O) groups excluding carboxylic acids is 2. The van der Waals surface area contributed by atoms with Crippen molar-refractivity contribution in [3.63, 3.8) is 0 Å². The van der Waals surface area contributed by atoms with Gasteiger partial charge >= 0.3 is 0 Å². The first-order valence-corrected chi connectivity index (χ1v) is 14.8. The molecule has 3 heterocycles. The zero-order chi connectivity index (χ0) is 30.6. The summed E-state index contributed by atoms with van der Waals surface area (Å²) >= 11 is 0. The van der Waals surface area contributed by atoms with Crippen molar-refractivity contribution in [1.82, 2.24) is 14.9 Å². The summed E-state index contributed by atoms with van der Waals surface area (Å²) in [5.74, 6) is 0.186.